The highest BCUT2D eigenvalue weighted by Crippen LogP contribution is 2.50. The molecule has 1 aromatic heterocycles. The summed E-state index contributed by atoms with van der Waals surface area (Å²) >= 11 is 0. The molecule has 2 aliphatic heterocycles. The maximum absolute atomic E-state index is 14.3. The second-order valence-corrected chi connectivity index (χ2v) is 14.5. The highest BCUT2D eigenvalue weighted by Gasteiger charge is 2.47. The Kier molecular flexibility index (Phi) is 8.65. The Hall–Kier alpha value is -3.14. The molecule has 4 fully saturated rings. The van der Waals surface area contributed by atoms with Gasteiger partial charge >= 0.3 is 0 Å². The number of benzene rings is 1. The highest BCUT2D eigenvalue weighted by atomic mass is 19.1. The Balaban J connectivity index is 1.06. The summed E-state index contributed by atoms with van der Waals surface area (Å²) in [6.07, 6.45) is 11.5. The van der Waals surface area contributed by atoms with Crippen molar-refractivity contribution < 1.29 is 18.7 Å². The van der Waals surface area contributed by atoms with Crippen LogP contribution in [0.25, 0.3) is 0 Å². The molecule has 0 atom stereocenters. The van der Waals surface area contributed by atoms with Gasteiger partial charge in [-0.1, -0.05) is 0 Å². The third-order valence-corrected chi connectivity index (χ3v) is 10.8. The van der Waals surface area contributed by atoms with E-state index in [4.69, 9.17) is 4.74 Å². The molecule has 44 heavy (non-hydrogen) atoms. The first kappa shape index (κ1) is 30.9. The molecular formula is C34H47FN6O3. The molecule has 0 bridgehead atoms. The minimum Gasteiger partial charge on any atom is -0.434 e. The molecule has 238 valence electrons. The van der Waals surface area contributed by atoms with Gasteiger partial charge in [-0.25, -0.2) is 9.37 Å². The number of ketones is 1. The summed E-state index contributed by atoms with van der Waals surface area (Å²) < 4.78 is 20.5. The molecular weight excluding hydrogens is 559 g/mol. The molecule has 2 spiro atoms. The molecule has 0 unspecified atom stereocenters. The quantitative estimate of drug-likeness (QED) is 0.367. The van der Waals surface area contributed by atoms with Crippen LogP contribution in [-0.4, -0.2) is 81.5 Å². The molecule has 3 heterocycles. The van der Waals surface area contributed by atoms with E-state index >= 15 is 0 Å². The van der Waals surface area contributed by atoms with Gasteiger partial charge in [0.05, 0.1) is 5.56 Å². The van der Waals surface area contributed by atoms with Crippen molar-refractivity contribution in [1.82, 2.24) is 25.0 Å². The number of hydrogen-bond acceptors (Lipinski definition) is 8. The van der Waals surface area contributed by atoms with Crippen molar-refractivity contribution in [2.75, 3.05) is 37.6 Å². The number of hydrogen-bond donors (Lipinski definition) is 0. The number of Topliss-reactive ketones (excluding diaryl/α,β-unsaturated/α-hetero) is 1. The summed E-state index contributed by atoms with van der Waals surface area (Å²) in [5.74, 6) is 1.50. The van der Waals surface area contributed by atoms with E-state index in [-0.39, 0.29) is 40.6 Å². The lowest BCUT2D eigenvalue weighted by Crippen LogP contribution is -2.61. The zero-order chi connectivity index (χ0) is 31.1. The maximum Gasteiger partial charge on any atom is 0.282 e. The minimum absolute atomic E-state index is 0.0605. The van der Waals surface area contributed by atoms with Crippen LogP contribution in [-0.2, 0) is 4.79 Å². The number of amides is 1. The summed E-state index contributed by atoms with van der Waals surface area (Å²) in [7, 11) is 0. The van der Waals surface area contributed by atoms with E-state index < -0.39 is 5.82 Å². The maximum atomic E-state index is 14.3. The van der Waals surface area contributed by atoms with Crippen LogP contribution in [0, 0.1) is 22.6 Å². The molecule has 2 saturated heterocycles. The molecule has 2 aromatic rings. The van der Waals surface area contributed by atoms with E-state index in [9.17, 15) is 14.0 Å². The number of carbonyl (C=O) groups is 2. The fourth-order valence-corrected chi connectivity index (χ4v) is 8.31. The van der Waals surface area contributed by atoms with Crippen LogP contribution in [0.15, 0.2) is 24.5 Å². The number of piperidine rings is 1. The first-order valence-corrected chi connectivity index (χ1v) is 16.5. The van der Waals surface area contributed by atoms with Gasteiger partial charge < -0.3 is 19.4 Å². The summed E-state index contributed by atoms with van der Waals surface area (Å²) in [6, 6.07) is 3.88. The highest BCUT2D eigenvalue weighted by molar-refractivity contribution is 5.97. The van der Waals surface area contributed by atoms with Gasteiger partial charge in [0.15, 0.2) is 5.82 Å². The number of nitrogens with zero attached hydrogens (tertiary/aromatic N) is 6. The van der Waals surface area contributed by atoms with Gasteiger partial charge in [0.25, 0.3) is 11.8 Å². The third-order valence-electron chi connectivity index (χ3n) is 10.8. The van der Waals surface area contributed by atoms with Gasteiger partial charge in [0, 0.05) is 50.0 Å². The molecule has 0 N–H and O–H groups in total. The van der Waals surface area contributed by atoms with Crippen LogP contribution in [0.3, 0.4) is 0 Å². The van der Waals surface area contributed by atoms with Crippen LogP contribution in [0.4, 0.5) is 10.2 Å². The molecule has 0 radical (unpaired) electrons. The van der Waals surface area contributed by atoms with E-state index in [1.165, 1.54) is 56.8 Å². The standard InChI is InChI=1S/C34H47FN6O3/c1-23(2)41(24(3)4)32(43)28-17-26(35)5-6-29(28)44-31-30(36-22-37-38-31)40-20-34(21-40)13-15-39(16-14-34)19-25-7-10-33(11-8-25)12-9-27(42)18-33/h5-6,17,22-25H,7-16,18-21H2,1-4H3. The van der Waals surface area contributed by atoms with E-state index in [0.29, 0.717) is 17.0 Å². The molecule has 1 aromatic carbocycles. The van der Waals surface area contributed by atoms with Crippen LogP contribution >= 0.6 is 0 Å². The van der Waals surface area contributed by atoms with Gasteiger partial charge in [-0.2, -0.15) is 0 Å². The van der Waals surface area contributed by atoms with Crippen molar-refractivity contribution in [1.29, 1.82) is 0 Å². The van der Waals surface area contributed by atoms with Gasteiger partial charge in [0.1, 0.15) is 23.7 Å². The Bertz CT molecular complexity index is 1350. The fraction of sp³-hybridized carbons (Fsp3) is 0.676. The van der Waals surface area contributed by atoms with Crippen molar-refractivity contribution in [2.45, 2.75) is 97.6 Å². The number of likely N-dealkylation sites (tertiary alicyclic amines) is 1. The first-order valence-electron chi connectivity index (χ1n) is 16.5. The van der Waals surface area contributed by atoms with Crippen molar-refractivity contribution >= 4 is 17.5 Å². The minimum atomic E-state index is -0.501. The predicted molar refractivity (Wildman–Crippen MR) is 166 cm³/mol. The molecule has 2 saturated carbocycles. The van der Waals surface area contributed by atoms with Crippen LogP contribution in [0.5, 0.6) is 11.6 Å². The zero-order valence-electron chi connectivity index (χ0n) is 26.7. The predicted octanol–water partition coefficient (Wildman–Crippen LogP) is 5.89. The lowest BCUT2D eigenvalue weighted by atomic mass is 9.69. The fourth-order valence-electron chi connectivity index (χ4n) is 8.31. The van der Waals surface area contributed by atoms with E-state index in [2.05, 4.69) is 25.0 Å². The normalized spacial score (nSPS) is 25.2. The zero-order valence-corrected chi connectivity index (χ0v) is 26.7. The average Bonchev–Trinajstić information content (AvgIpc) is 3.34. The Morgan fingerprint density at radius 1 is 1.05 bits per heavy atom. The Labute approximate surface area is 260 Å². The van der Waals surface area contributed by atoms with Crippen LogP contribution in [0.1, 0.15) is 95.8 Å². The largest absolute Gasteiger partial charge is 0.434 e. The van der Waals surface area contributed by atoms with E-state index in [1.54, 1.807) is 4.90 Å². The smallest absolute Gasteiger partial charge is 0.282 e. The van der Waals surface area contributed by atoms with Crippen LogP contribution in [0.2, 0.25) is 0 Å². The molecule has 4 aliphatic rings. The van der Waals surface area contributed by atoms with Crippen molar-refractivity contribution in [2.24, 2.45) is 16.7 Å². The molecule has 1 amide bonds. The third kappa shape index (κ3) is 6.32. The van der Waals surface area contributed by atoms with E-state index in [0.717, 1.165) is 64.2 Å². The molecule has 6 rings (SSSR count). The summed E-state index contributed by atoms with van der Waals surface area (Å²) in [5, 5.41) is 8.19. The summed E-state index contributed by atoms with van der Waals surface area (Å²) in [5.41, 5.74) is 0.747. The van der Waals surface area contributed by atoms with E-state index in [1.807, 2.05) is 27.7 Å². The van der Waals surface area contributed by atoms with Gasteiger partial charge in [-0.15, -0.1) is 10.2 Å². The average molecular weight is 607 g/mol. The molecule has 9 nitrogen and oxygen atoms in total. The molecule has 10 heteroatoms. The number of carbonyl (C=O) groups excluding carboxylic acids is 2. The van der Waals surface area contributed by atoms with Gasteiger partial charge in [-0.3, -0.25) is 9.59 Å². The lowest BCUT2D eigenvalue weighted by molar-refractivity contribution is -0.118. The SMILES string of the molecule is CC(C)N(C(=O)c1cc(F)ccc1Oc1nncnc1N1CC2(CCN(CC3CCC4(CCC(=O)C4)CC3)CC2)C1)C(C)C. The number of aromatic nitrogens is 3. The second-order valence-electron chi connectivity index (χ2n) is 14.5. The number of rotatable bonds is 8. The molecule has 2 aliphatic carbocycles. The van der Waals surface area contributed by atoms with Gasteiger partial charge in [0.2, 0.25) is 0 Å². The Morgan fingerprint density at radius 3 is 2.39 bits per heavy atom. The monoisotopic (exact) mass is 606 g/mol. The van der Waals surface area contributed by atoms with Crippen LogP contribution < -0.4 is 9.64 Å². The van der Waals surface area contributed by atoms with Crippen molar-refractivity contribution in [3.63, 3.8) is 0 Å². The number of anilines is 1. The summed E-state index contributed by atoms with van der Waals surface area (Å²) in [6.45, 7) is 12.9. The van der Waals surface area contributed by atoms with Gasteiger partial charge in [-0.05, 0) is 115 Å². The first-order chi connectivity index (χ1) is 21.1. The lowest BCUT2D eigenvalue weighted by Gasteiger charge is -2.54. The topological polar surface area (TPSA) is 91.8 Å². The Morgan fingerprint density at radius 2 is 1.75 bits per heavy atom. The number of halogens is 1. The summed E-state index contributed by atoms with van der Waals surface area (Å²) in [4.78, 5) is 36.4. The second kappa shape index (κ2) is 12.3. The number of ether oxygens (including phenoxy) is 1. The van der Waals surface area contributed by atoms with Crippen molar-refractivity contribution in [3.05, 3.63) is 35.9 Å². The van der Waals surface area contributed by atoms with Crippen molar-refractivity contribution in [3.8, 4) is 11.6 Å².